The number of halogens is 1. The van der Waals surface area contributed by atoms with Crippen LogP contribution in [0.25, 0.3) is 11.2 Å². The summed E-state index contributed by atoms with van der Waals surface area (Å²) in [4.78, 5) is 22.8. The van der Waals surface area contributed by atoms with Gasteiger partial charge in [0.1, 0.15) is 5.82 Å². The molecular formula is C13H9FN4O. The summed E-state index contributed by atoms with van der Waals surface area (Å²) in [7, 11) is 0. The van der Waals surface area contributed by atoms with E-state index in [2.05, 4.69) is 20.3 Å². The largest absolute Gasteiger partial charge is 0.343 e. The molecule has 0 aliphatic rings. The summed E-state index contributed by atoms with van der Waals surface area (Å²) in [6.07, 6.45) is 2.90. The van der Waals surface area contributed by atoms with Gasteiger partial charge in [0.15, 0.2) is 5.65 Å². The van der Waals surface area contributed by atoms with Gasteiger partial charge in [0.05, 0.1) is 23.1 Å². The van der Waals surface area contributed by atoms with Crippen LogP contribution in [0.3, 0.4) is 0 Å². The monoisotopic (exact) mass is 256 g/mol. The van der Waals surface area contributed by atoms with E-state index in [0.29, 0.717) is 16.7 Å². The minimum absolute atomic E-state index is 0.136. The Bertz CT molecular complexity index is 753. The standard InChI is InChI=1S/C13H9FN4O/c14-9-3-1-2-4-10(9)18-13(19)8-5-11-12(15-6-8)17-7-16-11/h1-7H,(H,18,19)(H,15,16,17). The van der Waals surface area contributed by atoms with E-state index in [1.807, 2.05) is 0 Å². The van der Waals surface area contributed by atoms with Crippen molar-refractivity contribution < 1.29 is 9.18 Å². The summed E-state index contributed by atoms with van der Waals surface area (Å²) < 4.78 is 13.4. The Labute approximate surface area is 107 Å². The molecule has 0 aliphatic carbocycles. The van der Waals surface area contributed by atoms with Crippen LogP contribution in [0, 0.1) is 5.82 Å². The predicted octanol–water partition coefficient (Wildman–Crippen LogP) is 2.35. The molecule has 6 heteroatoms. The molecule has 0 bridgehead atoms. The number of H-pyrrole nitrogens is 1. The number of carbonyl (C=O) groups excluding carboxylic acids is 1. The van der Waals surface area contributed by atoms with Crippen molar-refractivity contribution in [1.29, 1.82) is 0 Å². The minimum atomic E-state index is -0.480. The molecule has 0 saturated heterocycles. The van der Waals surface area contributed by atoms with Crippen LogP contribution < -0.4 is 5.32 Å². The number of benzene rings is 1. The maximum atomic E-state index is 13.4. The molecule has 0 aliphatic heterocycles. The summed E-state index contributed by atoms with van der Waals surface area (Å²) in [5, 5.41) is 2.50. The molecule has 0 atom stereocenters. The van der Waals surface area contributed by atoms with E-state index in [9.17, 15) is 9.18 Å². The molecule has 0 fully saturated rings. The van der Waals surface area contributed by atoms with Gasteiger partial charge in [-0.1, -0.05) is 12.1 Å². The average Bonchev–Trinajstić information content (AvgIpc) is 2.88. The zero-order valence-electron chi connectivity index (χ0n) is 9.72. The molecule has 0 saturated carbocycles. The number of pyridine rings is 1. The lowest BCUT2D eigenvalue weighted by Gasteiger charge is -2.05. The highest BCUT2D eigenvalue weighted by molar-refractivity contribution is 6.05. The quantitative estimate of drug-likeness (QED) is 0.739. The number of rotatable bonds is 2. The van der Waals surface area contributed by atoms with Crippen LogP contribution in [-0.2, 0) is 0 Å². The number of aromatic nitrogens is 3. The van der Waals surface area contributed by atoms with Crippen molar-refractivity contribution >= 4 is 22.8 Å². The molecule has 3 aromatic rings. The molecule has 3 rings (SSSR count). The third kappa shape index (κ3) is 2.15. The number of para-hydroxylation sites is 1. The third-order valence-electron chi connectivity index (χ3n) is 2.66. The number of amides is 1. The van der Waals surface area contributed by atoms with Gasteiger partial charge in [0.2, 0.25) is 0 Å². The number of hydrogen-bond acceptors (Lipinski definition) is 3. The fourth-order valence-electron chi connectivity index (χ4n) is 1.71. The lowest BCUT2D eigenvalue weighted by atomic mass is 10.2. The zero-order chi connectivity index (χ0) is 13.2. The molecule has 1 aromatic carbocycles. The Hall–Kier alpha value is -2.76. The van der Waals surface area contributed by atoms with Gasteiger partial charge in [-0.3, -0.25) is 4.79 Å². The number of hydrogen-bond donors (Lipinski definition) is 2. The normalized spacial score (nSPS) is 10.6. The average molecular weight is 256 g/mol. The topological polar surface area (TPSA) is 70.7 Å². The number of imidazole rings is 1. The summed E-state index contributed by atoms with van der Waals surface area (Å²) in [5.74, 6) is -0.902. The van der Waals surface area contributed by atoms with Gasteiger partial charge in [-0.15, -0.1) is 0 Å². The molecule has 1 amide bonds. The predicted molar refractivity (Wildman–Crippen MR) is 68.2 cm³/mol. The Morgan fingerprint density at radius 1 is 1.26 bits per heavy atom. The highest BCUT2D eigenvalue weighted by Gasteiger charge is 2.10. The first-order valence-corrected chi connectivity index (χ1v) is 5.59. The summed E-state index contributed by atoms with van der Waals surface area (Å²) in [6.45, 7) is 0. The Morgan fingerprint density at radius 3 is 2.95 bits per heavy atom. The SMILES string of the molecule is O=C(Nc1ccccc1F)c1cnc2nc[nH]c2c1. The van der Waals surface area contributed by atoms with Crippen LogP contribution in [-0.4, -0.2) is 20.9 Å². The van der Waals surface area contributed by atoms with Crippen molar-refractivity contribution in [2.75, 3.05) is 5.32 Å². The molecule has 2 N–H and O–H groups in total. The van der Waals surface area contributed by atoms with Crippen LogP contribution in [0.2, 0.25) is 0 Å². The number of nitrogens with zero attached hydrogens (tertiary/aromatic N) is 2. The Balaban J connectivity index is 1.89. The van der Waals surface area contributed by atoms with Crippen molar-refractivity contribution in [1.82, 2.24) is 15.0 Å². The zero-order valence-corrected chi connectivity index (χ0v) is 9.72. The molecular weight excluding hydrogens is 247 g/mol. The first kappa shape index (κ1) is 11.3. The number of nitrogens with one attached hydrogen (secondary N) is 2. The van der Waals surface area contributed by atoms with Gasteiger partial charge >= 0.3 is 0 Å². The molecule has 2 heterocycles. The molecule has 0 radical (unpaired) electrons. The Kier molecular flexibility index (Phi) is 2.68. The smallest absolute Gasteiger partial charge is 0.257 e. The first-order valence-electron chi connectivity index (χ1n) is 5.59. The van der Waals surface area contributed by atoms with E-state index in [1.54, 1.807) is 18.2 Å². The number of aromatic amines is 1. The molecule has 94 valence electrons. The van der Waals surface area contributed by atoms with E-state index in [-0.39, 0.29) is 5.69 Å². The van der Waals surface area contributed by atoms with Crippen molar-refractivity contribution in [3.05, 3.63) is 54.2 Å². The van der Waals surface area contributed by atoms with Gasteiger partial charge in [-0.25, -0.2) is 14.4 Å². The minimum Gasteiger partial charge on any atom is -0.343 e. The van der Waals surface area contributed by atoms with E-state index in [0.717, 1.165) is 0 Å². The molecule has 0 unspecified atom stereocenters. The van der Waals surface area contributed by atoms with Crippen molar-refractivity contribution in [3.8, 4) is 0 Å². The first-order chi connectivity index (χ1) is 9.24. The second kappa shape index (κ2) is 4.49. The second-order valence-electron chi connectivity index (χ2n) is 3.93. The molecule has 0 spiro atoms. The van der Waals surface area contributed by atoms with Crippen LogP contribution in [0.4, 0.5) is 10.1 Å². The van der Waals surface area contributed by atoms with Crippen LogP contribution >= 0.6 is 0 Å². The summed E-state index contributed by atoms with van der Waals surface area (Å²) in [5.41, 5.74) is 1.65. The van der Waals surface area contributed by atoms with Gasteiger partial charge in [0.25, 0.3) is 5.91 Å². The van der Waals surface area contributed by atoms with Gasteiger partial charge in [0, 0.05) is 6.20 Å². The van der Waals surface area contributed by atoms with Crippen LogP contribution in [0.15, 0.2) is 42.9 Å². The van der Waals surface area contributed by atoms with E-state index in [1.165, 1.54) is 24.7 Å². The summed E-state index contributed by atoms with van der Waals surface area (Å²) in [6, 6.07) is 7.60. The Morgan fingerprint density at radius 2 is 2.11 bits per heavy atom. The van der Waals surface area contributed by atoms with E-state index >= 15 is 0 Å². The van der Waals surface area contributed by atoms with Gasteiger partial charge in [-0.2, -0.15) is 0 Å². The lowest BCUT2D eigenvalue weighted by Crippen LogP contribution is -2.13. The third-order valence-corrected chi connectivity index (χ3v) is 2.66. The second-order valence-corrected chi connectivity index (χ2v) is 3.93. The van der Waals surface area contributed by atoms with Crippen LogP contribution in [0.5, 0.6) is 0 Å². The maximum Gasteiger partial charge on any atom is 0.257 e. The van der Waals surface area contributed by atoms with E-state index < -0.39 is 11.7 Å². The van der Waals surface area contributed by atoms with Crippen molar-refractivity contribution in [2.24, 2.45) is 0 Å². The summed E-state index contributed by atoms with van der Waals surface area (Å²) >= 11 is 0. The molecule has 5 nitrogen and oxygen atoms in total. The fraction of sp³-hybridized carbons (Fsp3) is 0. The molecule has 2 aromatic heterocycles. The van der Waals surface area contributed by atoms with Gasteiger partial charge < -0.3 is 10.3 Å². The van der Waals surface area contributed by atoms with Crippen LogP contribution in [0.1, 0.15) is 10.4 Å². The highest BCUT2D eigenvalue weighted by Crippen LogP contribution is 2.15. The maximum absolute atomic E-state index is 13.4. The van der Waals surface area contributed by atoms with Gasteiger partial charge in [-0.05, 0) is 18.2 Å². The fourth-order valence-corrected chi connectivity index (χ4v) is 1.71. The number of carbonyl (C=O) groups is 1. The number of anilines is 1. The van der Waals surface area contributed by atoms with Crippen molar-refractivity contribution in [3.63, 3.8) is 0 Å². The highest BCUT2D eigenvalue weighted by atomic mass is 19.1. The molecule has 19 heavy (non-hydrogen) atoms. The van der Waals surface area contributed by atoms with E-state index in [4.69, 9.17) is 0 Å². The lowest BCUT2D eigenvalue weighted by molar-refractivity contribution is 0.102. The van der Waals surface area contributed by atoms with Crippen molar-refractivity contribution in [2.45, 2.75) is 0 Å². The number of fused-ring (bicyclic) bond motifs is 1.